The number of thiazole rings is 1. The summed E-state index contributed by atoms with van der Waals surface area (Å²) in [7, 11) is 1.60. The number of carbonyl (C=O) groups is 2. The van der Waals surface area contributed by atoms with Crippen LogP contribution in [0.3, 0.4) is 0 Å². The molecule has 0 N–H and O–H groups in total. The summed E-state index contributed by atoms with van der Waals surface area (Å²) in [6.45, 7) is 2.95. The molecule has 2 heterocycles. The zero-order valence-electron chi connectivity index (χ0n) is 18.2. The van der Waals surface area contributed by atoms with E-state index in [2.05, 4.69) is 9.88 Å². The fourth-order valence-electron chi connectivity index (χ4n) is 3.56. The van der Waals surface area contributed by atoms with Gasteiger partial charge in [0.25, 0.3) is 0 Å². The molecule has 0 saturated carbocycles. The Morgan fingerprint density at radius 1 is 1.06 bits per heavy atom. The zero-order chi connectivity index (χ0) is 23.2. The fraction of sp³-hybridized carbons (Fsp3) is 0.292. The number of hydrogen-bond acceptors (Lipinski definition) is 7. The maximum absolute atomic E-state index is 12.8. The van der Waals surface area contributed by atoms with E-state index in [9.17, 15) is 9.59 Å². The summed E-state index contributed by atoms with van der Waals surface area (Å²) in [4.78, 5) is 33.9. The quantitative estimate of drug-likeness (QED) is 0.330. The molecule has 6 nitrogen and oxygen atoms in total. The number of carbonyl (C=O) groups excluding carboxylic acids is 2. The number of benzene rings is 2. The number of halogens is 1. The molecular weight excluding hydrogens is 478 g/mol. The number of ether oxygens (including phenoxy) is 1. The van der Waals surface area contributed by atoms with Crippen LogP contribution in [0.15, 0.2) is 58.3 Å². The third-order valence-corrected chi connectivity index (χ3v) is 7.75. The molecular formula is C24H24ClN3O3S2. The SMILES string of the molecule is COc1ccc(C(=O)CSc2nc(CC(=O)N3CCN(c4ccc(Cl)cc4)CC3)cs2)cc1. The van der Waals surface area contributed by atoms with Gasteiger partial charge in [0.2, 0.25) is 5.91 Å². The van der Waals surface area contributed by atoms with Crippen LogP contribution < -0.4 is 9.64 Å². The third kappa shape index (κ3) is 6.28. The highest BCUT2D eigenvalue weighted by molar-refractivity contribution is 8.01. The van der Waals surface area contributed by atoms with Crippen molar-refractivity contribution in [2.45, 2.75) is 10.8 Å². The molecule has 0 unspecified atom stereocenters. The number of hydrogen-bond donors (Lipinski definition) is 0. The molecule has 1 fully saturated rings. The number of methoxy groups -OCH3 is 1. The fourth-order valence-corrected chi connectivity index (χ4v) is 5.42. The van der Waals surface area contributed by atoms with Gasteiger partial charge in [-0.3, -0.25) is 9.59 Å². The number of amides is 1. The average molecular weight is 502 g/mol. The van der Waals surface area contributed by atoms with Crippen LogP contribution in [0.25, 0.3) is 0 Å². The van der Waals surface area contributed by atoms with Gasteiger partial charge in [-0.25, -0.2) is 4.98 Å². The molecule has 0 spiro atoms. The van der Waals surface area contributed by atoms with Gasteiger partial charge in [-0.05, 0) is 48.5 Å². The molecule has 1 aliphatic heterocycles. The molecule has 0 radical (unpaired) electrons. The summed E-state index contributed by atoms with van der Waals surface area (Å²) in [6, 6.07) is 14.9. The van der Waals surface area contributed by atoms with Crippen molar-refractivity contribution in [2.24, 2.45) is 0 Å². The molecule has 0 aliphatic carbocycles. The Morgan fingerprint density at radius 2 is 1.76 bits per heavy atom. The van der Waals surface area contributed by atoms with Gasteiger partial charge in [-0.1, -0.05) is 23.4 Å². The Hall–Kier alpha value is -2.55. The molecule has 1 saturated heterocycles. The lowest BCUT2D eigenvalue weighted by molar-refractivity contribution is -0.130. The summed E-state index contributed by atoms with van der Waals surface area (Å²) in [6.07, 6.45) is 0.282. The van der Waals surface area contributed by atoms with Crippen molar-refractivity contribution in [3.8, 4) is 5.75 Å². The smallest absolute Gasteiger partial charge is 0.228 e. The largest absolute Gasteiger partial charge is 0.497 e. The van der Waals surface area contributed by atoms with E-state index >= 15 is 0 Å². The summed E-state index contributed by atoms with van der Waals surface area (Å²) >= 11 is 8.84. The Labute approximate surface area is 206 Å². The van der Waals surface area contributed by atoms with E-state index in [1.807, 2.05) is 34.5 Å². The molecule has 33 heavy (non-hydrogen) atoms. The predicted octanol–water partition coefficient (Wildman–Crippen LogP) is 4.67. The molecule has 9 heteroatoms. The van der Waals surface area contributed by atoms with E-state index in [0.29, 0.717) is 24.4 Å². The zero-order valence-corrected chi connectivity index (χ0v) is 20.6. The lowest BCUT2D eigenvalue weighted by Gasteiger charge is -2.36. The second-order valence-electron chi connectivity index (χ2n) is 7.57. The van der Waals surface area contributed by atoms with Crippen molar-refractivity contribution in [3.63, 3.8) is 0 Å². The maximum Gasteiger partial charge on any atom is 0.228 e. The Kier molecular flexibility index (Phi) is 7.90. The molecule has 4 rings (SSSR count). The van der Waals surface area contributed by atoms with E-state index in [-0.39, 0.29) is 18.1 Å². The Balaban J connectivity index is 1.24. The van der Waals surface area contributed by atoms with Gasteiger partial charge < -0.3 is 14.5 Å². The normalized spacial score (nSPS) is 13.8. The van der Waals surface area contributed by atoms with E-state index in [4.69, 9.17) is 16.3 Å². The summed E-state index contributed by atoms with van der Waals surface area (Å²) in [5.41, 5.74) is 2.52. The van der Waals surface area contributed by atoms with E-state index in [1.165, 1.54) is 23.1 Å². The van der Waals surface area contributed by atoms with Crippen molar-refractivity contribution in [1.82, 2.24) is 9.88 Å². The molecule has 2 aromatic carbocycles. The minimum absolute atomic E-state index is 0.0361. The molecule has 0 atom stereocenters. The minimum Gasteiger partial charge on any atom is -0.497 e. The molecule has 1 aliphatic rings. The van der Waals surface area contributed by atoms with Gasteiger partial charge in [0.1, 0.15) is 5.75 Å². The summed E-state index contributed by atoms with van der Waals surface area (Å²) < 4.78 is 5.92. The van der Waals surface area contributed by atoms with Gasteiger partial charge >= 0.3 is 0 Å². The molecule has 1 aromatic heterocycles. The van der Waals surface area contributed by atoms with Crippen LogP contribution in [-0.4, -0.2) is 60.6 Å². The van der Waals surface area contributed by atoms with Crippen LogP contribution in [0.1, 0.15) is 16.1 Å². The van der Waals surface area contributed by atoms with Crippen molar-refractivity contribution in [3.05, 3.63) is 70.2 Å². The molecule has 0 bridgehead atoms. The third-order valence-electron chi connectivity index (χ3n) is 5.43. The van der Waals surface area contributed by atoms with Crippen LogP contribution in [0.2, 0.25) is 5.02 Å². The number of thioether (sulfide) groups is 1. The first-order chi connectivity index (χ1) is 16.0. The highest BCUT2D eigenvalue weighted by atomic mass is 35.5. The van der Waals surface area contributed by atoms with Crippen LogP contribution in [0.4, 0.5) is 5.69 Å². The van der Waals surface area contributed by atoms with Crippen LogP contribution >= 0.6 is 34.7 Å². The van der Waals surface area contributed by atoms with Crippen molar-refractivity contribution in [2.75, 3.05) is 43.9 Å². The lowest BCUT2D eigenvalue weighted by Crippen LogP contribution is -2.49. The first-order valence-electron chi connectivity index (χ1n) is 10.5. The van der Waals surface area contributed by atoms with Crippen molar-refractivity contribution < 1.29 is 14.3 Å². The Morgan fingerprint density at radius 3 is 2.42 bits per heavy atom. The van der Waals surface area contributed by atoms with Gasteiger partial charge in [0.15, 0.2) is 10.1 Å². The van der Waals surface area contributed by atoms with Gasteiger partial charge in [-0.2, -0.15) is 0 Å². The number of anilines is 1. The van der Waals surface area contributed by atoms with Crippen LogP contribution in [-0.2, 0) is 11.2 Å². The van der Waals surface area contributed by atoms with E-state index in [0.717, 1.165) is 39.6 Å². The monoisotopic (exact) mass is 501 g/mol. The molecule has 3 aromatic rings. The number of ketones is 1. The standard InChI is InChI=1S/C24H24ClN3O3S2/c1-31-21-8-2-17(3-9-21)22(29)16-33-24-26-19(15-32-24)14-23(30)28-12-10-27(11-13-28)20-6-4-18(25)5-7-20/h2-9,15H,10-14,16H2,1H3. The van der Waals surface area contributed by atoms with Gasteiger partial charge in [-0.15, -0.1) is 11.3 Å². The number of nitrogens with zero attached hydrogens (tertiary/aromatic N) is 3. The van der Waals surface area contributed by atoms with E-state index < -0.39 is 0 Å². The van der Waals surface area contributed by atoms with E-state index in [1.54, 1.807) is 31.4 Å². The second-order valence-corrected chi connectivity index (χ2v) is 10.1. The van der Waals surface area contributed by atoms with Crippen LogP contribution in [0, 0.1) is 0 Å². The highest BCUT2D eigenvalue weighted by Gasteiger charge is 2.22. The highest BCUT2D eigenvalue weighted by Crippen LogP contribution is 2.25. The van der Waals surface area contributed by atoms with Crippen LogP contribution in [0.5, 0.6) is 5.75 Å². The minimum atomic E-state index is 0.0361. The Bertz CT molecular complexity index is 1090. The summed E-state index contributed by atoms with van der Waals surface area (Å²) in [5.74, 6) is 1.15. The second kappa shape index (κ2) is 11.0. The summed E-state index contributed by atoms with van der Waals surface area (Å²) in [5, 5.41) is 2.63. The lowest BCUT2D eigenvalue weighted by atomic mass is 10.1. The van der Waals surface area contributed by atoms with Gasteiger partial charge in [0.05, 0.1) is 25.0 Å². The van der Waals surface area contributed by atoms with Crippen molar-refractivity contribution in [1.29, 1.82) is 0 Å². The molecule has 1 amide bonds. The average Bonchev–Trinajstić information content (AvgIpc) is 3.30. The first-order valence-corrected chi connectivity index (χ1v) is 12.8. The predicted molar refractivity (Wildman–Crippen MR) is 134 cm³/mol. The topological polar surface area (TPSA) is 62.7 Å². The van der Waals surface area contributed by atoms with Crippen molar-refractivity contribution >= 4 is 52.1 Å². The first kappa shape index (κ1) is 23.6. The maximum atomic E-state index is 12.8. The number of aromatic nitrogens is 1. The number of Topliss-reactive ketones (excluding diaryl/α,β-unsaturated/α-hetero) is 1. The number of piperazine rings is 1. The number of rotatable bonds is 8. The van der Waals surface area contributed by atoms with Gasteiger partial charge in [0, 0.05) is 47.8 Å². The molecule has 172 valence electrons.